The fraction of sp³-hybridized carbons (Fsp3) is 0.762. The molecule has 0 amide bonds. The number of aliphatic carboxylic acids is 1. The Hall–Kier alpha value is -0.740. The lowest BCUT2D eigenvalue weighted by atomic mass is 10.1. The molecule has 0 aromatic carbocycles. The first kappa shape index (κ1) is 24.3. The average molecular weight is 370 g/mol. The Kier molecular flexibility index (Phi) is 19.0. The van der Waals surface area contributed by atoms with Gasteiger partial charge in [-0.2, -0.15) is 12.6 Å². The minimum absolute atomic E-state index is 0.345. The highest BCUT2D eigenvalue weighted by Gasteiger charge is 2.13. The summed E-state index contributed by atoms with van der Waals surface area (Å²) in [5.74, 6) is -0.465. The molecule has 0 aromatic heterocycles. The third-order valence-electron chi connectivity index (χ3n) is 4.25. The van der Waals surface area contributed by atoms with Gasteiger partial charge in [0, 0.05) is 5.75 Å². The molecule has 25 heavy (non-hydrogen) atoms. The lowest BCUT2D eigenvalue weighted by Crippen LogP contribution is -2.38. The number of rotatable bonds is 18. The van der Waals surface area contributed by atoms with Gasteiger partial charge in [0.05, 0.1) is 0 Å². The number of nitrogens with one attached hydrogen (secondary N) is 1. The number of carboxylic acid groups (broad SMARTS) is 1. The van der Waals surface area contributed by atoms with Crippen LogP contribution in [0, 0.1) is 0 Å². The topological polar surface area (TPSA) is 49.3 Å². The van der Waals surface area contributed by atoms with Crippen LogP contribution in [0.2, 0.25) is 0 Å². The molecule has 0 spiro atoms. The first-order valence-corrected chi connectivity index (χ1v) is 10.7. The number of carboxylic acids is 1. The number of hydrogen-bond donors (Lipinski definition) is 3. The molecule has 0 radical (unpaired) electrons. The normalized spacial score (nSPS) is 13.0. The SMILES string of the molecule is CCCCC/C=C\C/C=C\CCCCCCCCNC(CS)C(=O)O. The van der Waals surface area contributed by atoms with Gasteiger partial charge in [0.25, 0.3) is 0 Å². The van der Waals surface area contributed by atoms with Crippen LogP contribution in [-0.4, -0.2) is 29.4 Å². The van der Waals surface area contributed by atoms with E-state index in [1.807, 2.05) is 0 Å². The predicted molar refractivity (Wildman–Crippen MR) is 113 cm³/mol. The van der Waals surface area contributed by atoms with E-state index in [-0.39, 0.29) is 0 Å². The standard InChI is InChI=1S/C21H39NO2S/c1-2-3-4-5-6-7-8-9-10-11-12-13-14-15-16-17-18-22-20(19-25)21(23)24/h6-7,9-10,20,22,25H,2-5,8,11-19H2,1H3,(H,23,24)/b7-6-,10-9-. The molecule has 1 atom stereocenters. The van der Waals surface area contributed by atoms with Crippen molar-refractivity contribution in [2.45, 2.75) is 90.0 Å². The largest absolute Gasteiger partial charge is 0.480 e. The summed E-state index contributed by atoms with van der Waals surface area (Å²) >= 11 is 4.04. The summed E-state index contributed by atoms with van der Waals surface area (Å²) in [5, 5.41) is 11.9. The number of allylic oxidation sites excluding steroid dienone is 4. The molecule has 0 saturated heterocycles. The van der Waals surface area contributed by atoms with Crippen molar-refractivity contribution < 1.29 is 9.90 Å². The van der Waals surface area contributed by atoms with E-state index < -0.39 is 12.0 Å². The Balaban J connectivity index is 3.28. The zero-order chi connectivity index (χ0) is 18.6. The predicted octanol–water partition coefficient (Wildman–Crippen LogP) is 5.77. The summed E-state index contributed by atoms with van der Waals surface area (Å²) in [6.45, 7) is 3.01. The van der Waals surface area contributed by atoms with Crippen LogP contribution < -0.4 is 5.32 Å². The van der Waals surface area contributed by atoms with Gasteiger partial charge < -0.3 is 10.4 Å². The Labute approximate surface area is 160 Å². The lowest BCUT2D eigenvalue weighted by molar-refractivity contribution is -0.138. The molecule has 3 nitrogen and oxygen atoms in total. The van der Waals surface area contributed by atoms with Crippen molar-refractivity contribution in [1.82, 2.24) is 5.32 Å². The molecule has 1 unspecified atom stereocenters. The zero-order valence-corrected chi connectivity index (χ0v) is 17.0. The smallest absolute Gasteiger partial charge is 0.321 e. The molecule has 0 rings (SSSR count). The van der Waals surface area contributed by atoms with Crippen LogP contribution in [0.15, 0.2) is 24.3 Å². The first-order chi connectivity index (χ1) is 12.2. The van der Waals surface area contributed by atoms with E-state index >= 15 is 0 Å². The van der Waals surface area contributed by atoms with E-state index in [9.17, 15) is 4.79 Å². The third kappa shape index (κ3) is 17.9. The van der Waals surface area contributed by atoms with Gasteiger partial charge in [-0.15, -0.1) is 0 Å². The van der Waals surface area contributed by atoms with E-state index in [1.54, 1.807) is 0 Å². The molecular formula is C21H39NO2S. The van der Waals surface area contributed by atoms with E-state index in [2.05, 4.69) is 49.2 Å². The fourth-order valence-electron chi connectivity index (χ4n) is 2.62. The molecule has 0 fully saturated rings. The fourth-order valence-corrected chi connectivity index (χ4v) is 2.90. The molecular weight excluding hydrogens is 330 g/mol. The molecule has 4 heteroatoms. The maximum absolute atomic E-state index is 10.8. The van der Waals surface area contributed by atoms with E-state index in [1.165, 1.54) is 64.2 Å². The maximum atomic E-state index is 10.8. The second-order valence-corrected chi connectivity index (χ2v) is 6.98. The van der Waals surface area contributed by atoms with Crippen molar-refractivity contribution in [3.8, 4) is 0 Å². The average Bonchev–Trinajstić information content (AvgIpc) is 2.60. The van der Waals surface area contributed by atoms with Crippen LogP contribution in [0.3, 0.4) is 0 Å². The van der Waals surface area contributed by atoms with Gasteiger partial charge in [-0.25, -0.2) is 0 Å². The van der Waals surface area contributed by atoms with Crippen LogP contribution in [0.4, 0.5) is 0 Å². The van der Waals surface area contributed by atoms with Crippen molar-refractivity contribution in [3.63, 3.8) is 0 Å². The van der Waals surface area contributed by atoms with Crippen LogP contribution in [0.5, 0.6) is 0 Å². The summed E-state index contributed by atoms with van der Waals surface area (Å²) in [7, 11) is 0. The van der Waals surface area contributed by atoms with Crippen LogP contribution in [0.1, 0.15) is 84.0 Å². The van der Waals surface area contributed by atoms with Crippen LogP contribution >= 0.6 is 12.6 Å². The van der Waals surface area contributed by atoms with Gasteiger partial charge in [-0.05, 0) is 45.1 Å². The molecule has 0 heterocycles. The van der Waals surface area contributed by atoms with E-state index in [0.717, 1.165) is 19.4 Å². The first-order valence-electron chi connectivity index (χ1n) is 10.1. The second-order valence-electron chi connectivity index (χ2n) is 6.61. The Morgan fingerprint density at radius 3 is 2.04 bits per heavy atom. The number of thiol groups is 1. The summed E-state index contributed by atoms with van der Waals surface area (Å²) in [6, 6.07) is -0.513. The minimum atomic E-state index is -0.810. The minimum Gasteiger partial charge on any atom is -0.480 e. The van der Waals surface area contributed by atoms with Crippen molar-refractivity contribution in [2.75, 3.05) is 12.3 Å². The van der Waals surface area contributed by atoms with Gasteiger partial charge in [0.1, 0.15) is 6.04 Å². The molecule has 0 bridgehead atoms. The van der Waals surface area contributed by atoms with Crippen LogP contribution in [0.25, 0.3) is 0 Å². The van der Waals surface area contributed by atoms with Gasteiger partial charge in [-0.1, -0.05) is 69.8 Å². The quantitative estimate of drug-likeness (QED) is 0.163. The van der Waals surface area contributed by atoms with Crippen LogP contribution in [-0.2, 0) is 4.79 Å². The van der Waals surface area contributed by atoms with Gasteiger partial charge in [0.2, 0.25) is 0 Å². The maximum Gasteiger partial charge on any atom is 0.321 e. The molecule has 0 aromatic rings. The summed E-state index contributed by atoms with van der Waals surface area (Å²) in [4.78, 5) is 10.8. The highest BCUT2D eigenvalue weighted by Crippen LogP contribution is 2.08. The van der Waals surface area contributed by atoms with Crippen molar-refractivity contribution in [3.05, 3.63) is 24.3 Å². The highest BCUT2D eigenvalue weighted by atomic mass is 32.1. The number of unbranched alkanes of at least 4 members (excludes halogenated alkanes) is 9. The molecule has 146 valence electrons. The van der Waals surface area contributed by atoms with Crippen molar-refractivity contribution >= 4 is 18.6 Å². The van der Waals surface area contributed by atoms with E-state index in [4.69, 9.17) is 5.11 Å². The number of hydrogen-bond acceptors (Lipinski definition) is 3. The second kappa shape index (κ2) is 19.6. The van der Waals surface area contributed by atoms with Gasteiger partial charge in [0.15, 0.2) is 0 Å². The third-order valence-corrected chi connectivity index (χ3v) is 4.61. The van der Waals surface area contributed by atoms with Gasteiger partial charge in [-0.3, -0.25) is 4.79 Å². The Morgan fingerprint density at radius 2 is 1.48 bits per heavy atom. The molecule has 0 saturated carbocycles. The summed E-state index contributed by atoms with van der Waals surface area (Å²) in [6.07, 6.45) is 23.9. The van der Waals surface area contributed by atoms with Crippen molar-refractivity contribution in [1.29, 1.82) is 0 Å². The summed E-state index contributed by atoms with van der Waals surface area (Å²) < 4.78 is 0. The van der Waals surface area contributed by atoms with Crippen molar-refractivity contribution in [2.24, 2.45) is 0 Å². The molecule has 2 N–H and O–H groups in total. The monoisotopic (exact) mass is 369 g/mol. The molecule has 0 aliphatic carbocycles. The lowest BCUT2D eigenvalue weighted by Gasteiger charge is -2.11. The zero-order valence-electron chi connectivity index (χ0n) is 16.1. The Morgan fingerprint density at radius 1 is 0.920 bits per heavy atom. The van der Waals surface area contributed by atoms with Gasteiger partial charge >= 0.3 is 5.97 Å². The highest BCUT2D eigenvalue weighted by molar-refractivity contribution is 7.80. The number of carbonyl (C=O) groups is 1. The molecule has 0 aliphatic rings. The Bertz CT molecular complexity index is 356. The molecule has 0 aliphatic heterocycles. The van der Waals surface area contributed by atoms with E-state index in [0.29, 0.717) is 5.75 Å². The summed E-state index contributed by atoms with van der Waals surface area (Å²) in [5.41, 5.74) is 0.